The molecule has 4 rings (SSSR count). The van der Waals surface area contributed by atoms with Crippen LogP contribution in [0.25, 0.3) is 11.1 Å². The Balaban J connectivity index is 1.73. The summed E-state index contributed by atoms with van der Waals surface area (Å²) in [4.78, 5) is 40.7. The molecule has 168 valence electrons. The maximum Gasteiger partial charge on any atom is 0.329 e. The lowest BCUT2D eigenvalue weighted by Crippen LogP contribution is -2.46. The molecular formula is C26H24N2O5. The maximum absolute atomic E-state index is 13.3. The van der Waals surface area contributed by atoms with Gasteiger partial charge in [0.05, 0.1) is 22.9 Å². The van der Waals surface area contributed by atoms with Crippen LogP contribution in [0.15, 0.2) is 66.7 Å². The van der Waals surface area contributed by atoms with Crippen molar-refractivity contribution in [1.82, 2.24) is 0 Å². The highest BCUT2D eigenvalue weighted by Crippen LogP contribution is 2.36. The van der Waals surface area contributed by atoms with E-state index in [4.69, 9.17) is 0 Å². The Labute approximate surface area is 191 Å². The van der Waals surface area contributed by atoms with E-state index in [1.54, 1.807) is 12.1 Å². The van der Waals surface area contributed by atoms with Gasteiger partial charge in [-0.25, -0.2) is 9.69 Å². The molecule has 1 heterocycles. The van der Waals surface area contributed by atoms with Crippen LogP contribution in [0.2, 0.25) is 0 Å². The van der Waals surface area contributed by atoms with Crippen molar-refractivity contribution in [2.24, 2.45) is 0 Å². The monoisotopic (exact) mass is 444 g/mol. The van der Waals surface area contributed by atoms with Crippen molar-refractivity contribution in [3.8, 4) is 11.1 Å². The number of likely N-dealkylation sites (N-methyl/N-ethyl adjacent to an activating group) is 1. The van der Waals surface area contributed by atoms with Gasteiger partial charge in [-0.1, -0.05) is 42.5 Å². The average molecular weight is 444 g/mol. The Morgan fingerprint density at radius 1 is 0.909 bits per heavy atom. The first-order valence-electron chi connectivity index (χ1n) is 10.5. The van der Waals surface area contributed by atoms with Gasteiger partial charge in [-0.2, -0.15) is 0 Å². The summed E-state index contributed by atoms with van der Waals surface area (Å²) in [6, 6.07) is 18.6. The van der Waals surface area contributed by atoms with E-state index in [1.807, 2.05) is 49.4 Å². The average Bonchev–Trinajstić information content (AvgIpc) is 3.03. The number of benzene rings is 3. The first-order chi connectivity index (χ1) is 15.7. The Hall–Kier alpha value is -3.97. The van der Waals surface area contributed by atoms with E-state index in [0.29, 0.717) is 11.4 Å². The molecule has 1 aliphatic rings. The van der Waals surface area contributed by atoms with Crippen LogP contribution in [0.3, 0.4) is 0 Å². The topological polar surface area (TPSA) is 98.2 Å². The molecule has 0 bridgehead atoms. The summed E-state index contributed by atoms with van der Waals surface area (Å²) >= 11 is 0. The predicted octanol–water partition coefficient (Wildman–Crippen LogP) is 3.73. The second-order valence-corrected chi connectivity index (χ2v) is 8.13. The van der Waals surface area contributed by atoms with Crippen molar-refractivity contribution in [1.29, 1.82) is 0 Å². The SMILES string of the molecule is Cc1c(-c2ccccc2)cccc1N1C(=O)c2ccc(N(C)C(C(=O)O)C(C)O)cc2C1=O. The van der Waals surface area contributed by atoms with Gasteiger partial charge in [0.25, 0.3) is 11.8 Å². The molecule has 7 nitrogen and oxygen atoms in total. The molecule has 7 heteroatoms. The number of carbonyl (C=O) groups is 3. The van der Waals surface area contributed by atoms with Gasteiger partial charge >= 0.3 is 5.97 Å². The van der Waals surface area contributed by atoms with Gasteiger partial charge in [0.1, 0.15) is 0 Å². The molecule has 2 amide bonds. The molecule has 33 heavy (non-hydrogen) atoms. The van der Waals surface area contributed by atoms with E-state index in [1.165, 1.54) is 35.9 Å². The van der Waals surface area contributed by atoms with Crippen LogP contribution in [-0.2, 0) is 4.79 Å². The first kappa shape index (κ1) is 22.2. The molecule has 2 unspecified atom stereocenters. The van der Waals surface area contributed by atoms with E-state index in [-0.39, 0.29) is 11.1 Å². The number of aliphatic carboxylic acids is 1. The molecule has 3 aromatic rings. The zero-order valence-corrected chi connectivity index (χ0v) is 18.5. The lowest BCUT2D eigenvalue weighted by atomic mass is 9.99. The maximum atomic E-state index is 13.3. The molecule has 3 aromatic carbocycles. The van der Waals surface area contributed by atoms with Crippen LogP contribution >= 0.6 is 0 Å². The number of anilines is 2. The highest BCUT2D eigenvalue weighted by molar-refractivity contribution is 6.35. The molecule has 1 aliphatic heterocycles. The van der Waals surface area contributed by atoms with Gasteiger partial charge in [-0.3, -0.25) is 9.59 Å². The van der Waals surface area contributed by atoms with Crippen molar-refractivity contribution in [2.45, 2.75) is 26.0 Å². The number of rotatable bonds is 6. The van der Waals surface area contributed by atoms with E-state index < -0.39 is 29.9 Å². The Kier molecular flexibility index (Phi) is 5.74. The van der Waals surface area contributed by atoms with Crippen molar-refractivity contribution in [3.05, 3.63) is 83.4 Å². The van der Waals surface area contributed by atoms with Crippen molar-refractivity contribution < 1.29 is 24.6 Å². The van der Waals surface area contributed by atoms with Crippen molar-refractivity contribution in [3.63, 3.8) is 0 Å². The fraction of sp³-hybridized carbons (Fsp3) is 0.192. The molecule has 0 aliphatic carbocycles. The predicted molar refractivity (Wildman–Crippen MR) is 126 cm³/mol. The lowest BCUT2D eigenvalue weighted by Gasteiger charge is -2.29. The summed E-state index contributed by atoms with van der Waals surface area (Å²) in [6.45, 7) is 3.27. The Morgan fingerprint density at radius 2 is 1.58 bits per heavy atom. The van der Waals surface area contributed by atoms with Crippen LogP contribution < -0.4 is 9.80 Å². The van der Waals surface area contributed by atoms with E-state index in [9.17, 15) is 24.6 Å². The third-order valence-electron chi connectivity index (χ3n) is 6.04. The summed E-state index contributed by atoms with van der Waals surface area (Å²) in [5, 5.41) is 19.4. The fourth-order valence-corrected chi connectivity index (χ4v) is 4.32. The number of carboxylic acid groups (broad SMARTS) is 1. The summed E-state index contributed by atoms with van der Waals surface area (Å²) < 4.78 is 0. The number of aliphatic hydroxyl groups is 1. The number of hydrogen-bond acceptors (Lipinski definition) is 5. The van der Waals surface area contributed by atoms with Gasteiger partial charge in [0, 0.05) is 12.7 Å². The third-order valence-corrected chi connectivity index (χ3v) is 6.04. The first-order valence-corrected chi connectivity index (χ1v) is 10.5. The molecule has 0 saturated carbocycles. The van der Waals surface area contributed by atoms with Crippen LogP contribution in [0.4, 0.5) is 11.4 Å². The second-order valence-electron chi connectivity index (χ2n) is 8.13. The number of carbonyl (C=O) groups excluding carboxylic acids is 2. The van der Waals surface area contributed by atoms with Crippen LogP contribution in [-0.4, -0.2) is 47.2 Å². The summed E-state index contributed by atoms with van der Waals surface area (Å²) in [6.07, 6.45) is -1.14. The molecule has 2 atom stereocenters. The largest absolute Gasteiger partial charge is 0.480 e. The van der Waals surface area contributed by atoms with Crippen LogP contribution in [0.1, 0.15) is 33.2 Å². The Bertz CT molecular complexity index is 1250. The number of nitrogens with zero attached hydrogens (tertiary/aromatic N) is 2. The second kappa shape index (κ2) is 8.52. The van der Waals surface area contributed by atoms with Gasteiger partial charge in [-0.15, -0.1) is 0 Å². The lowest BCUT2D eigenvalue weighted by molar-refractivity contribution is -0.140. The smallest absolute Gasteiger partial charge is 0.329 e. The minimum Gasteiger partial charge on any atom is -0.480 e. The molecule has 0 saturated heterocycles. The quantitative estimate of drug-likeness (QED) is 0.562. The van der Waals surface area contributed by atoms with E-state index in [0.717, 1.165) is 16.7 Å². The van der Waals surface area contributed by atoms with E-state index in [2.05, 4.69) is 0 Å². The molecule has 0 aromatic heterocycles. The van der Waals surface area contributed by atoms with Gasteiger partial charge in [0.2, 0.25) is 0 Å². The Morgan fingerprint density at radius 3 is 2.21 bits per heavy atom. The van der Waals surface area contributed by atoms with Gasteiger partial charge < -0.3 is 15.1 Å². The number of imide groups is 1. The fourth-order valence-electron chi connectivity index (χ4n) is 4.32. The summed E-state index contributed by atoms with van der Waals surface area (Å²) in [7, 11) is 1.53. The van der Waals surface area contributed by atoms with E-state index >= 15 is 0 Å². The van der Waals surface area contributed by atoms with Crippen molar-refractivity contribution >= 4 is 29.2 Å². The molecular weight excluding hydrogens is 420 g/mol. The highest BCUT2D eigenvalue weighted by atomic mass is 16.4. The zero-order valence-electron chi connectivity index (χ0n) is 18.5. The zero-order chi connectivity index (χ0) is 23.9. The number of carboxylic acids is 1. The molecule has 0 spiro atoms. The summed E-state index contributed by atoms with van der Waals surface area (Å²) in [5.74, 6) is -2.09. The van der Waals surface area contributed by atoms with Gasteiger partial charge in [0.15, 0.2) is 6.04 Å². The normalized spacial score (nSPS) is 14.7. The molecule has 0 radical (unpaired) electrons. The van der Waals surface area contributed by atoms with Crippen molar-refractivity contribution in [2.75, 3.05) is 16.8 Å². The number of aliphatic hydroxyl groups excluding tert-OH is 1. The molecule has 0 fully saturated rings. The summed E-state index contributed by atoms with van der Waals surface area (Å²) in [5.41, 5.74) is 4.08. The minimum atomic E-state index is -1.20. The molecule has 2 N–H and O–H groups in total. The minimum absolute atomic E-state index is 0.198. The number of amides is 2. The number of fused-ring (bicyclic) bond motifs is 1. The highest BCUT2D eigenvalue weighted by Gasteiger charge is 2.38. The number of hydrogen-bond donors (Lipinski definition) is 2. The van der Waals surface area contributed by atoms with Crippen LogP contribution in [0, 0.1) is 6.92 Å². The van der Waals surface area contributed by atoms with Gasteiger partial charge in [-0.05, 0) is 54.8 Å². The standard InChI is InChI=1S/C26H24N2O5/c1-15-19(17-8-5-4-6-9-17)10-7-11-22(15)28-24(30)20-13-12-18(14-21(20)25(28)31)27(3)23(16(2)29)26(32)33/h4-14,16,23,29H,1-3H3,(H,32,33). The van der Waals surface area contributed by atoms with Crippen LogP contribution in [0.5, 0.6) is 0 Å². The third kappa shape index (κ3) is 3.76.